The number of nitrogens with two attached hydrogens (primary N) is 1. The predicted octanol–water partition coefficient (Wildman–Crippen LogP) is 0.204. The number of carbonyl (C=O) groups is 1. The summed E-state index contributed by atoms with van der Waals surface area (Å²) in [7, 11) is 3.54. The standard InChI is InChI=1S/C7H16N2O/c1-9(2)7(10)5-3-4-6-8/h3-6,8H2,1-2H3. The van der Waals surface area contributed by atoms with Gasteiger partial charge in [0, 0.05) is 20.5 Å². The van der Waals surface area contributed by atoms with Gasteiger partial charge in [0.1, 0.15) is 0 Å². The summed E-state index contributed by atoms with van der Waals surface area (Å²) in [5.74, 6) is 0.188. The van der Waals surface area contributed by atoms with E-state index in [0.717, 1.165) is 12.8 Å². The number of amides is 1. The van der Waals surface area contributed by atoms with Crippen LogP contribution in [0.25, 0.3) is 0 Å². The molecule has 3 heteroatoms. The number of rotatable bonds is 4. The summed E-state index contributed by atoms with van der Waals surface area (Å²) in [5.41, 5.74) is 5.27. The van der Waals surface area contributed by atoms with Crippen LogP contribution in [0, 0.1) is 0 Å². The number of hydrogen-bond donors (Lipinski definition) is 1. The second kappa shape index (κ2) is 5.23. The molecule has 1 amide bonds. The Balaban J connectivity index is 3.22. The van der Waals surface area contributed by atoms with Crippen molar-refractivity contribution in [2.75, 3.05) is 20.6 Å². The molecular formula is C7H16N2O. The molecule has 2 N–H and O–H groups in total. The van der Waals surface area contributed by atoms with Gasteiger partial charge in [0.25, 0.3) is 0 Å². The van der Waals surface area contributed by atoms with Crippen molar-refractivity contribution >= 4 is 5.91 Å². The summed E-state index contributed by atoms with van der Waals surface area (Å²) in [6, 6.07) is 0. The maximum Gasteiger partial charge on any atom is 0.222 e. The molecule has 0 unspecified atom stereocenters. The SMILES string of the molecule is CN(C)C(=O)CCCCN. The van der Waals surface area contributed by atoms with Crippen LogP contribution in [0.2, 0.25) is 0 Å². The lowest BCUT2D eigenvalue weighted by Crippen LogP contribution is -2.21. The van der Waals surface area contributed by atoms with E-state index in [1.165, 1.54) is 0 Å². The first-order valence-corrected chi connectivity index (χ1v) is 3.58. The molecule has 60 valence electrons. The first-order chi connectivity index (χ1) is 4.68. The molecule has 0 aromatic carbocycles. The summed E-state index contributed by atoms with van der Waals surface area (Å²) in [6.45, 7) is 0.681. The van der Waals surface area contributed by atoms with Gasteiger partial charge in [0.2, 0.25) is 5.91 Å². The number of hydrogen-bond acceptors (Lipinski definition) is 2. The van der Waals surface area contributed by atoms with E-state index >= 15 is 0 Å². The van der Waals surface area contributed by atoms with E-state index in [4.69, 9.17) is 5.73 Å². The van der Waals surface area contributed by atoms with E-state index in [0.29, 0.717) is 13.0 Å². The zero-order valence-electron chi connectivity index (χ0n) is 6.76. The Morgan fingerprint density at radius 3 is 2.40 bits per heavy atom. The molecule has 0 aliphatic heterocycles. The van der Waals surface area contributed by atoms with Crippen LogP contribution in [0.1, 0.15) is 19.3 Å². The van der Waals surface area contributed by atoms with Crippen molar-refractivity contribution in [1.29, 1.82) is 0 Å². The van der Waals surface area contributed by atoms with E-state index in [9.17, 15) is 4.79 Å². The number of unbranched alkanes of at least 4 members (excludes halogenated alkanes) is 1. The van der Waals surface area contributed by atoms with Gasteiger partial charge in [-0.15, -0.1) is 0 Å². The third kappa shape index (κ3) is 4.32. The molecule has 0 radical (unpaired) electrons. The Hall–Kier alpha value is -0.570. The first-order valence-electron chi connectivity index (χ1n) is 3.58. The zero-order chi connectivity index (χ0) is 7.98. The lowest BCUT2D eigenvalue weighted by atomic mass is 10.2. The van der Waals surface area contributed by atoms with Crippen LogP contribution < -0.4 is 5.73 Å². The van der Waals surface area contributed by atoms with Crippen molar-refractivity contribution in [3.05, 3.63) is 0 Å². The lowest BCUT2D eigenvalue weighted by Gasteiger charge is -2.08. The van der Waals surface area contributed by atoms with Crippen LogP contribution in [-0.2, 0) is 4.79 Å². The lowest BCUT2D eigenvalue weighted by molar-refractivity contribution is -0.128. The molecular weight excluding hydrogens is 128 g/mol. The van der Waals surface area contributed by atoms with E-state index in [-0.39, 0.29) is 5.91 Å². The highest BCUT2D eigenvalue weighted by atomic mass is 16.2. The van der Waals surface area contributed by atoms with Crippen molar-refractivity contribution in [3.8, 4) is 0 Å². The molecule has 0 aliphatic rings. The maximum absolute atomic E-state index is 10.9. The van der Waals surface area contributed by atoms with Crippen LogP contribution in [0.3, 0.4) is 0 Å². The zero-order valence-corrected chi connectivity index (χ0v) is 6.76. The second-order valence-corrected chi connectivity index (χ2v) is 2.53. The van der Waals surface area contributed by atoms with Gasteiger partial charge in [-0.25, -0.2) is 0 Å². The molecule has 0 rings (SSSR count). The Morgan fingerprint density at radius 1 is 1.40 bits per heavy atom. The predicted molar refractivity (Wildman–Crippen MR) is 41.6 cm³/mol. The van der Waals surface area contributed by atoms with Crippen LogP contribution in [-0.4, -0.2) is 31.4 Å². The highest BCUT2D eigenvalue weighted by Crippen LogP contribution is 1.95. The van der Waals surface area contributed by atoms with Crippen molar-refractivity contribution in [2.24, 2.45) is 5.73 Å². The van der Waals surface area contributed by atoms with Gasteiger partial charge in [0.05, 0.1) is 0 Å². The van der Waals surface area contributed by atoms with Crippen molar-refractivity contribution in [3.63, 3.8) is 0 Å². The van der Waals surface area contributed by atoms with E-state index in [1.807, 2.05) is 0 Å². The molecule has 0 spiro atoms. The Bertz CT molecular complexity index is 102. The number of nitrogens with zero attached hydrogens (tertiary/aromatic N) is 1. The molecule has 0 heterocycles. The first kappa shape index (κ1) is 9.43. The van der Waals surface area contributed by atoms with E-state index in [1.54, 1.807) is 19.0 Å². The summed E-state index contributed by atoms with van der Waals surface area (Å²) >= 11 is 0. The van der Waals surface area contributed by atoms with Crippen molar-refractivity contribution in [2.45, 2.75) is 19.3 Å². The Labute approximate surface area is 62.2 Å². The summed E-state index contributed by atoms with van der Waals surface area (Å²) in [6.07, 6.45) is 2.48. The van der Waals surface area contributed by atoms with E-state index in [2.05, 4.69) is 0 Å². The monoisotopic (exact) mass is 144 g/mol. The average Bonchev–Trinajstić information content (AvgIpc) is 1.88. The smallest absolute Gasteiger partial charge is 0.222 e. The molecule has 3 nitrogen and oxygen atoms in total. The fourth-order valence-corrected chi connectivity index (χ4v) is 0.644. The Kier molecular flexibility index (Phi) is 4.94. The summed E-state index contributed by atoms with van der Waals surface area (Å²) < 4.78 is 0. The topological polar surface area (TPSA) is 46.3 Å². The van der Waals surface area contributed by atoms with Gasteiger partial charge < -0.3 is 10.6 Å². The Morgan fingerprint density at radius 2 is 2.00 bits per heavy atom. The maximum atomic E-state index is 10.9. The van der Waals surface area contributed by atoms with Crippen molar-refractivity contribution < 1.29 is 4.79 Å². The molecule has 0 atom stereocenters. The molecule has 0 bridgehead atoms. The highest BCUT2D eigenvalue weighted by Gasteiger charge is 2.01. The molecule has 0 aliphatic carbocycles. The van der Waals surface area contributed by atoms with E-state index < -0.39 is 0 Å². The average molecular weight is 144 g/mol. The second-order valence-electron chi connectivity index (χ2n) is 2.53. The van der Waals surface area contributed by atoms with Gasteiger partial charge in [-0.05, 0) is 19.4 Å². The van der Waals surface area contributed by atoms with Crippen LogP contribution >= 0.6 is 0 Å². The quantitative estimate of drug-likeness (QED) is 0.573. The molecule has 0 saturated heterocycles. The van der Waals surface area contributed by atoms with Crippen LogP contribution in [0.15, 0.2) is 0 Å². The minimum atomic E-state index is 0.188. The fourth-order valence-electron chi connectivity index (χ4n) is 0.644. The summed E-state index contributed by atoms with van der Waals surface area (Å²) in [4.78, 5) is 12.5. The largest absolute Gasteiger partial charge is 0.349 e. The summed E-state index contributed by atoms with van der Waals surface area (Å²) in [5, 5.41) is 0. The minimum Gasteiger partial charge on any atom is -0.349 e. The van der Waals surface area contributed by atoms with Gasteiger partial charge >= 0.3 is 0 Å². The van der Waals surface area contributed by atoms with Crippen molar-refractivity contribution in [1.82, 2.24) is 4.90 Å². The molecule has 0 fully saturated rings. The van der Waals surface area contributed by atoms with Gasteiger partial charge in [-0.1, -0.05) is 0 Å². The van der Waals surface area contributed by atoms with Crippen LogP contribution in [0.4, 0.5) is 0 Å². The molecule has 10 heavy (non-hydrogen) atoms. The van der Waals surface area contributed by atoms with Crippen LogP contribution in [0.5, 0.6) is 0 Å². The molecule has 0 aromatic rings. The minimum absolute atomic E-state index is 0.188. The fraction of sp³-hybridized carbons (Fsp3) is 0.857. The number of carbonyl (C=O) groups excluding carboxylic acids is 1. The molecule has 0 saturated carbocycles. The molecule has 0 aromatic heterocycles. The van der Waals surface area contributed by atoms with Gasteiger partial charge in [0.15, 0.2) is 0 Å². The third-order valence-electron chi connectivity index (χ3n) is 1.34. The third-order valence-corrected chi connectivity index (χ3v) is 1.34. The normalized spacial score (nSPS) is 9.50. The van der Waals surface area contributed by atoms with Gasteiger partial charge in [-0.3, -0.25) is 4.79 Å². The van der Waals surface area contributed by atoms with Gasteiger partial charge in [-0.2, -0.15) is 0 Å². The highest BCUT2D eigenvalue weighted by molar-refractivity contribution is 5.75.